The molecule has 2 aromatic rings. The molecule has 0 N–H and O–H groups in total. The molecule has 0 saturated carbocycles. The van der Waals surface area contributed by atoms with Crippen LogP contribution in [0.1, 0.15) is 41.2 Å². The highest BCUT2D eigenvalue weighted by molar-refractivity contribution is 5.87. The van der Waals surface area contributed by atoms with Crippen molar-refractivity contribution in [2.24, 2.45) is 0 Å². The Morgan fingerprint density at radius 3 is 2.36 bits per heavy atom. The monoisotopic (exact) mass is 376 g/mol. The lowest BCUT2D eigenvalue weighted by Gasteiger charge is -2.53. The Kier molecular flexibility index (Phi) is 5.64. The molecule has 0 radical (unpaired) electrons. The van der Waals surface area contributed by atoms with Gasteiger partial charge < -0.3 is 9.80 Å². The summed E-state index contributed by atoms with van der Waals surface area (Å²) in [4.78, 5) is 17.3. The summed E-state index contributed by atoms with van der Waals surface area (Å²) in [7, 11) is 1.90. The Morgan fingerprint density at radius 1 is 1.11 bits per heavy atom. The highest BCUT2D eigenvalue weighted by Crippen LogP contribution is 2.36. The van der Waals surface area contributed by atoms with E-state index in [2.05, 4.69) is 81.6 Å². The Morgan fingerprint density at radius 2 is 1.75 bits per heavy atom. The molecule has 1 atom stereocenters. The van der Waals surface area contributed by atoms with Crippen LogP contribution >= 0.6 is 0 Å². The first kappa shape index (κ1) is 20.2. The number of likely N-dealkylation sites (N-methyl/N-ethyl adjacent to an activating group) is 1. The first-order chi connectivity index (χ1) is 13.2. The van der Waals surface area contributed by atoms with Crippen LogP contribution in [-0.4, -0.2) is 34.8 Å². The van der Waals surface area contributed by atoms with E-state index in [9.17, 15) is 4.79 Å². The molecule has 1 fully saturated rings. The fourth-order valence-electron chi connectivity index (χ4n) is 4.04. The van der Waals surface area contributed by atoms with E-state index in [0.717, 1.165) is 30.6 Å². The number of likely N-dealkylation sites (tertiary alicyclic amines) is 1. The van der Waals surface area contributed by atoms with E-state index in [1.807, 2.05) is 11.9 Å². The summed E-state index contributed by atoms with van der Waals surface area (Å²) < 4.78 is 0. The Balaban J connectivity index is 1.68. The van der Waals surface area contributed by atoms with Crippen LogP contribution in [0.5, 0.6) is 0 Å². The minimum atomic E-state index is -0.492. The number of allylic oxidation sites excluding steroid dienone is 1. The van der Waals surface area contributed by atoms with E-state index in [4.69, 9.17) is 0 Å². The molecule has 3 heteroatoms. The number of rotatable bonds is 6. The van der Waals surface area contributed by atoms with Gasteiger partial charge in [0.25, 0.3) is 0 Å². The van der Waals surface area contributed by atoms with Gasteiger partial charge in [-0.15, -0.1) is 0 Å². The highest BCUT2D eigenvalue weighted by atomic mass is 16.2. The van der Waals surface area contributed by atoms with Gasteiger partial charge >= 0.3 is 0 Å². The Bertz CT molecular complexity index is 884. The van der Waals surface area contributed by atoms with Gasteiger partial charge in [0.2, 0.25) is 5.91 Å². The number of hydrogen-bond acceptors (Lipinski definition) is 2. The van der Waals surface area contributed by atoms with Crippen molar-refractivity contribution in [1.82, 2.24) is 9.80 Å². The van der Waals surface area contributed by atoms with E-state index in [1.165, 1.54) is 22.3 Å². The zero-order chi connectivity index (χ0) is 20.5. The number of hydrogen-bond donors (Lipinski definition) is 0. The zero-order valence-corrected chi connectivity index (χ0v) is 17.9. The van der Waals surface area contributed by atoms with E-state index >= 15 is 0 Å². The lowest BCUT2D eigenvalue weighted by atomic mass is 9.83. The van der Waals surface area contributed by atoms with Gasteiger partial charge in [-0.1, -0.05) is 60.2 Å². The lowest BCUT2D eigenvalue weighted by molar-refractivity contribution is -0.149. The fourth-order valence-corrected chi connectivity index (χ4v) is 4.04. The molecule has 0 bridgehead atoms. The van der Waals surface area contributed by atoms with Crippen LogP contribution in [-0.2, 0) is 17.8 Å². The Hall–Kier alpha value is -2.55. The maximum Gasteiger partial charge on any atom is 0.248 e. The van der Waals surface area contributed by atoms with E-state index in [-0.39, 0.29) is 5.91 Å². The van der Waals surface area contributed by atoms with Crippen LogP contribution in [0.25, 0.3) is 0 Å². The van der Waals surface area contributed by atoms with Crippen LogP contribution in [0, 0.1) is 20.8 Å². The molecule has 1 heterocycles. The molecule has 3 nitrogen and oxygen atoms in total. The number of nitrogens with zero attached hydrogens (tertiary/aromatic N) is 2. The molecule has 3 rings (SSSR count). The Labute approximate surface area is 169 Å². The summed E-state index contributed by atoms with van der Waals surface area (Å²) in [6.45, 7) is 14.2. The molecule has 1 unspecified atom stereocenters. The normalized spacial score (nSPS) is 18.5. The second-order valence-electron chi connectivity index (χ2n) is 8.50. The SMILES string of the molecule is C=C(Cc1cc(C)ccc1C)N1CCC1(C)C(=O)N(C)Cc1ccc(C)cc1. The topological polar surface area (TPSA) is 23.6 Å². The van der Waals surface area contributed by atoms with Crippen molar-refractivity contribution < 1.29 is 4.79 Å². The third kappa shape index (κ3) is 3.99. The van der Waals surface area contributed by atoms with Crippen molar-refractivity contribution >= 4 is 5.91 Å². The van der Waals surface area contributed by atoms with Crippen molar-refractivity contribution in [2.45, 2.75) is 52.6 Å². The molecule has 28 heavy (non-hydrogen) atoms. The van der Waals surface area contributed by atoms with Gasteiger partial charge in [0, 0.05) is 32.3 Å². The molecule has 0 spiro atoms. The molecular weight excluding hydrogens is 344 g/mol. The quantitative estimate of drug-likeness (QED) is 0.724. The summed E-state index contributed by atoms with van der Waals surface area (Å²) in [5.41, 5.74) is 6.75. The molecule has 0 aromatic heterocycles. The van der Waals surface area contributed by atoms with Crippen LogP contribution in [0.15, 0.2) is 54.7 Å². The molecule has 0 aliphatic carbocycles. The van der Waals surface area contributed by atoms with Gasteiger partial charge in [-0.2, -0.15) is 0 Å². The van der Waals surface area contributed by atoms with Gasteiger partial charge in [0.1, 0.15) is 5.54 Å². The van der Waals surface area contributed by atoms with Crippen molar-refractivity contribution in [1.29, 1.82) is 0 Å². The van der Waals surface area contributed by atoms with Crippen molar-refractivity contribution in [3.8, 4) is 0 Å². The van der Waals surface area contributed by atoms with Crippen LogP contribution in [0.4, 0.5) is 0 Å². The van der Waals surface area contributed by atoms with Gasteiger partial charge in [0.05, 0.1) is 0 Å². The standard InChI is InChI=1S/C25H32N2O/c1-18-8-11-22(12-9-18)17-26(6)24(28)25(5)13-14-27(25)21(4)16-23-15-19(2)7-10-20(23)3/h7-12,15H,4,13-14,16-17H2,1-3,5-6H3. The lowest BCUT2D eigenvalue weighted by Crippen LogP contribution is -2.65. The molecule has 1 amide bonds. The third-order valence-electron chi connectivity index (χ3n) is 6.05. The minimum Gasteiger partial charge on any atom is -0.361 e. The molecule has 148 valence electrons. The van der Waals surface area contributed by atoms with Crippen molar-refractivity contribution in [3.63, 3.8) is 0 Å². The summed E-state index contributed by atoms with van der Waals surface area (Å²) >= 11 is 0. The summed E-state index contributed by atoms with van der Waals surface area (Å²) in [6.07, 6.45) is 1.66. The molecule has 2 aromatic carbocycles. The first-order valence-electron chi connectivity index (χ1n) is 10.0. The van der Waals surface area contributed by atoms with Crippen molar-refractivity contribution in [2.75, 3.05) is 13.6 Å². The van der Waals surface area contributed by atoms with Crippen LogP contribution in [0.2, 0.25) is 0 Å². The second kappa shape index (κ2) is 7.83. The van der Waals surface area contributed by atoms with E-state index in [0.29, 0.717) is 6.54 Å². The van der Waals surface area contributed by atoms with Gasteiger partial charge in [-0.05, 0) is 50.8 Å². The largest absolute Gasteiger partial charge is 0.361 e. The average molecular weight is 377 g/mol. The molecule has 1 aliphatic heterocycles. The first-order valence-corrected chi connectivity index (χ1v) is 10.0. The molecule has 1 saturated heterocycles. The highest BCUT2D eigenvalue weighted by Gasteiger charge is 2.48. The number of benzene rings is 2. The number of amides is 1. The van der Waals surface area contributed by atoms with Crippen LogP contribution < -0.4 is 0 Å². The third-order valence-corrected chi connectivity index (χ3v) is 6.05. The number of carbonyl (C=O) groups excluding carboxylic acids is 1. The van der Waals surface area contributed by atoms with E-state index in [1.54, 1.807) is 0 Å². The van der Waals surface area contributed by atoms with Gasteiger partial charge in [-0.3, -0.25) is 4.79 Å². The number of aryl methyl sites for hydroxylation is 3. The predicted octanol–water partition coefficient (Wildman–Crippen LogP) is 4.79. The maximum absolute atomic E-state index is 13.2. The van der Waals surface area contributed by atoms with Gasteiger partial charge in [-0.25, -0.2) is 0 Å². The summed E-state index contributed by atoms with van der Waals surface area (Å²) in [6, 6.07) is 14.9. The zero-order valence-electron chi connectivity index (χ0n) is 17.9. The summed E-state index contributed by atoms with van der Waals surface area (Å²) in [5.74, 6) is 0.168. The maximum atomic E-state index is 13.2. The van der Waals surface area contributed by atoms with E-state index < -0.39 is 5.54 Å². The fraction of sp³-hybridized carbons (Fsp3) is 0.400. The molecule has 1 aliphatic rings. The second-order valence-corrected chi connectivity index (χ2v) is 8.50. The molecular formula is C25H32N2O. The predicted molar refractivity (Wildman–Crippen MR) is 116 cm³/mol. The minimum absolute atomic E-state index is 0.168. The van der Waals surface area contributed by atoms with Crippen LogP contribution in [0.3, 0.4) is 0 Å². The number of carbonyl (C=O) groups is 1. The van der Waals surface area contributed by atoms with Crippen molar-refractivity contribution in [3.05, 3.63) is 82.6 Å². The summed E-state index contributed by atoms with van der Waals surface area (Å²) in [5, 5.41) is 0. The average Bonchev–Trinajstić information content (AvgIpc) is 2.64. The smallest absolute Gasteiger partial charge is 0.248 e. The van der Waals surface area contributed by atoms with Gasteiger partial charge in [0.15, 0.2) is 0 Å².